The van der Waals surface area contributed by atoms with Gasteiger partial charge in [-0.2, -0.15) is 0 Å². The molecular weight excluding hydrogens is 214 g/mol. The molecule has 1 N–H and O–H groups in total. The fraction of sp³-hybridized carbons (Fsp3) is 0.500. The van der Waals surface area contributed by atoms with Crippen LogP contribution in [0, 0.1) is 0 Å². The van der Waals surface area contributed by atoms with E-state index in [1.54, 1.807) is 0 Å². The molecule has 1 unspecified atom stereocenters. The van der Waals surface area contributed by atoms with Gasteiger partial charge in [-0.3, -0.25) is 4.79 Å². The molecule has 0 radical (unpaired) electrons. The van der Waals surface area contributed by atoms with Crippen molar-refractivity contribution in [3.05, 3.63) is 29.8 Å². The van der Waals surface area contributed by atoms with Crippen LogP contribution in [-0.2, 0) is 4.79 Å². The fourth-order valence-electron chi connectivity index (χ4n) is 2.44. The first-order valence-electron chi connectivity index (χ1n) is 6.06. The second-order valence-corrected chi connectivity index (χ2v) is 5.03. The third kappa shape index (κ3) is 2.43. The first-order valence-corrected chi connectivity index (χ1v) is 6.06. The molecule has 3 heteroatoms. The van der Waals surface area contributed by atoms with E-state index in [2.05, 4.69) is 31.3 Å². The first-order chi connectivity index (χ1) is 8.03. The summed E-state index contributed by atoms with van der Waals surface area (Å²) in [7, 11) is 0. The Kier molecular flexibility index (Phi) is 3.09. The van der Waals surface area contributed by atoms with Crippen LogP contribution in [0.1, 0.15) is 38.7 Å². The van der Waals surface area contributed by atoms with E-state index in [1.165, 1.54) is 5.56 Å². The molecule has 17 heavy (non-hydrogen) atoms. The normalized spacial score (nSPS) is 22.3. The van der Waals surface area contributed by atoms with Gasteiger partial charge in [0, 0.05) is 17.9 Å². The maximum atomic E-state index is 11.5. The van der Waals surface area contributed by atoms with E-state index >= 15 is 0 Å². The minimum Gasteiger partial charge on any atom is -0.494 e. The van der Waals surface area contributed by atoms with Crippen LogP contribution in [0.5, 0.6) is 5.75 Å². The average Bonchev–Trinajstić information content (AvgIpc) is 2.53. The van der Waals surface area contributed by atoms with Crippen LogP contribution in [0.4, 0.5) is 0 Å². The topological polar surface area (TPSA) is 38.3 Å². The van der Waals surface area contributed by atoms with Crippen molar-refractivity contribution < 1.29 is 9.53 Å². The van der Waals surface area contributed by atoms with Gasteiger partial charge in [0.15, 0.2) is 0 Å². The summed E-state index contributed by atoms with van der Waals surface area (Å²) in [4.78, 5) is 11.5. The van der Waals surface area contributed by atoms with Crippen molar-refractivity contribution in [2.45, 2.75) is 38.6 Å². The lowest BCUT2D eigenvalue weighted by Crippen LogP contribution is -2.38. The monoisotopic (exact) mass is 233 g/mol. The van der Waals surface area contributed by atoms with Gasteiger partial charge in [-0.25, -0.2) is 0 Å². The Bertz CT molecular complexity index is 409. The van der Waals surface area contributed by atoms with Gasteiger partial charge in [0.2, 0.25) is 5.91 Å². The quantitative estimate of drug-likeness (QED) is 0.871. The van der Waals surface area contributed by atoms with Crippen molar-refractivity contribution in [2.24, 2.45) is 0 Å². The lowest BCUT2D eigenvalue weighted by molar-refractivity contribution is -0.119. The predicted molar refractivity (Wildman–Crippen MR) is 67.2 cm³/mol. The Morgan fingerprint density at radius 3 is 2.47 bits per heavy atom. The maximum Gasteiger partial charge on any atom is 0.221 e. The molecule has 1 aromatic carbocycles. The van der Waals surface area contributed by atoms with Gasteiger partial charge in [0.25, 0.3) is 0 Å². The van der Waals surface area contributed by atoms with Crippen LogP contribution in [0.3, 0.4) is 0 Å². The summed E-state index contributed by atoms with van der Waals surface area (Å²) in [5, 5.41) is 3.01. The van der Waals surface area contributed by atoms with Gasteiger partial charge in [-0.05, 0) is 38.5 Å². The molecule has 1 aliphatic rings. The van der Waals surface area contributed by atoms with E-state index in [0.29, 0.717) is 13.0 Å². The van der Waals surface area contributed by atoms with E-state index < -0.39 is 0 Å². The predicted octanol–water partition coefficient (Wildman–Crippen LogP) is 2.47. The van der Waals surface area contributed by atoms with Crippen molar-refractivity contribution in [3.8, 4) is 5.75 Å². The maximum absolute atomic E-state index is 11.5. The molecule has 0 saturated carbocycles. The molecule has 1 heterocycles. The van der Waals surface area contributed by atoms with E-state index in [9.17, 15) is 4.79 Å². The first kappa shape index (κ1) is 12.0. The highest BCUT2D eigenvalue weighted by molar-refractivity contribution is 5.81. The second kappa shape index (κ2) is 4.40. The molecule has 3 nitrogen and oxygen atoms in total. The summed E-state index contributed by atoms with van der Waals surface area (Å²) in [5.41, 5.74) is 1.03. The summed E-state index contributed by atoms with van der Waals surface area (Å²) in [6.45, 7) is 6.78. The zero-order chi connectivity index (χ0) is 12.5. The zero-order valence-electron chi connectivity index (χ0n) is 10.6. The number of hydrogen-bond acceptors (Lipinski definition) is 2. The Hall–Kier alpha value is -1.51. The SMILES string of the molecule is CCOc1ccc(C2CC(=O)NC2(C)C)cc1. The minimum atomic E-state index is -0.162. The molecule has 1 fully saturated rings. The smallest absolute Gasteiger partial charge is 0.221 e. The van der Waals surface area contributed by atoms with Gasteiger partial charge >= 0.3 is 0 Å². The van der Waals surface area contributed by atoms with Gasteiger partial charge in [-0.1, -0.05) is 12.1 Å². The van der Waals surface area contributed by atoms with E-state index in [4.69, 9.17) is 4.74 Å². The Morgan fingerprint density at radius 1 is 1.35 bits per heavy atom. The molecule has 1 aromatic rings. The number of benzene rings is 1. The van der Waals surface area contributed by atoms with Gasteiger partial charge < -0.3 is 10.1 Å². The zero-order valence-corrected chi connectivity index (χ0v) is 10.6. The molecule has 1 atom stereocenters. The van der Waals surface area contributed by atoms with Crippen LogP contribution >= 0.6 is 0 Å². The lowest BCUT2D eigenvalue weighted by Gasteiger charge is -2.26. The fourth-order valence-corrected chi connectivity index (χ4v) is 2.44. The molecule has 2 rings (SSSR count). The molecule has 0 aromatic heterocycles. The number of ether oxygens (including phenoxy) is 1. The third-order valence-electron chi connectivity index (χ3n) is 3.32. The number of nitrogens with one attached hydrogen (secondary N) is 1. The molecule has 0 spiro atoms. The molecular formula is C14H19NO2. The third-order valence-corrected chi connectivity index (χ3v) is 3.32. The van der Waals surface area contributed by atoms with Gasteiger partial charge in [0.05, 0.1) is 6.61 Å². The standard InChI is InChI=1S/C14H19NO2/c1-4-17-11-7-5-10(6-8-11)12-9-13(16)15-14(12,2)3/h5-8,12H,4,9H2,1-3H3,(H,15,16). The number of rotatable bonds is 3. The van der Waals surface area contributed by atoms with Crippen molar-refractivity contribution in [1.29, 1.82) is 0 Å². The molecule has 1 aliphatic heterocycles. The number of hydrogen-bond donors (Lipinski definition) is 1. The minimum absolute atomic E-state index is 0.133. The van der Waals surface area contributed by atoms with Crippen LogP contribution < -0.4 is 10.1 Å². The van der Waals surface area contributed by atoms with Crippen LogP contribution in [0.2, 0.25) is 0 Å². The van der Waals surface area contributed by atoms with Crippen molar-refractivity contribution >= 4 is 5.91 Å². The molecule has 0 aliphatic carbocycles. The summed E-state index contributed by atoms with van der Waals surface area (Å²) in [6, 6.07) is 8.05. The second-order valence-electron chi connectivity index (χ2n) is 5.03. The summed E-state index contributed by atoms with van der Waals surface area (Å²) >= 11 is 0. The lowest BCUT2D eigenvalue weighted by atomic mass is 9.83. The summed E-state index contributed by atoms with van der Waals surface area (Å²) < 4.78 is 5.41. The molecule has 0 bridgehead atoms. The summed E-state index contributed by atoms with van der Waals surface area (Å²) in [5.74, 6) is 1.26. The van der Waals surface area contributed by atoms with Crippen molar-refractivity contribution in [3.63, 3.8) is 0 Å². The molecule has 92 valence electrons. The van der Waals surface area contributed by atoms with Crippen molar-refractivity contribution in [2.75, 3.05) is 6.61 Å². The van der Waals surface area contributed by atoms with Crippen LogP contribution in [0.15, 0.2) is 24.3 Å². The average molecular weight is 233 g/mol. The van der Waals surface area contributed by atoms with Gasteiger partial charge in [0.1, 0.15) is 5.75 Å². The van der Waals surface area contributed by atoms with E-state index in [1.807, 2.05) is 19.1 Å². The largest absolute Gasteiger partial charge is 0.494 e. The van der Waals surface area contributed by atoms with E-state index in [-0.39, 0.29) is 17.4 Å². The number of amides is 1. The molecule has 1 saturated heterocycles. The van der Waals surface area contributed by atoms with Crippen LogP contribution in [-0.4, -0.2) is 18.1 Å². The highest BCUT2D eigenvalue weighted by Gasteiger charge is 2.39. The Balaban J connectivity index is 2.20. The summed E-state index contributed by atoms with van der Waals surface area (Å²) in [6.07, 6.45) is 0.570. The van der Waals surface area contributed by atoms with Crippen molar-refractivity contribution in [1.82, 2.24) is 5.32 Å². The molecule has 1 amide bonds. The Labute approximate surface area is 102 Å². The number of carbonyl (C=O) groups is 1. The van der Waals surface area contributed by atoms with E-state index in [0.717, 1.165) is 5.75 Å². The van der Waals surface area contributed by atoms with Gasteiger partial charge in [-0.15, -0.1) is 0 Å². The highest BCUT2D eigenvalue weighted by Crippen LogP contribution is 2.36. The number of carbonyl (C=O) groups excluding carboxylic acids is 1. The Morgan fingerprint density at radius 2 is 2.00 bits per heavy atom. The van der Waals surface area contributed by atoms with Crippen LogP contribution in [0.25, 0.3) is 0 Å². The highest BCUT2D eigenvalue weighted by atomic mass is 16.5.